The molecular formula is C11H13NO3. The van der Waals surface area contributed by atoms with Crippen LogP contribution in [-0.4, -0.2) is 18.3 Å². The molecule has 0 bridgehead atoms. The Bertz CT molecular complexity index is 374. The van der Waals surface area contributed by atoms with Crippen LogP contribution in [0, 0.1) is 0 Å². The summed E-state index contributed by atoms with van der Waals surface area (Å²) in [5.41, 5.74) is 5.36. The highest BCUT2D eigenvalue weighted by Gasteiger charge is 2.13. The van der Waals surface area contributed by atoms with Crippen molar-refractivity contribution in [3.63, 3.8) is 0 Å². The average molecular weight is 207 g/mol. The van der Waals surface area contributed by atoms with E-state index in [1.807, 2.05) is 6.92 Å². The zero-order valence-electron chi connectivity index (χ0n) is 8.53. The van der Waals surface area contributed by atoms with Crippen molar-refractivity contribution in [1.82, 2.24) is 0 Å². The summed E-state index contributed by atoms with van der Waals surface area (Å²) in [6.45, 7) is 2.30. The zero-order valence-corrected chi connectivity index (χ0v) is 8.53. The maximum atomic E-state index is 11.6. The number of hydrogen-bond acceptors (Lipinski definition) is 3. The van der Waals surface area contributed by atoms with E-state index in [1.54, 1.807) is 24.3 Å². The van der Waals surface area contributed by atoms with Crippen LogP contribution >= 0.6 is 0 Å². The quantitative estimate of drug-likeness (QED) is 0.581. The lowest BCUT2D eigenvalue weighted by molar-refractivity contribution is -0.117. The standard InChI is InChI=1S/C11H13NO3/c1-2-15-10-6-4-3-5-8(10)9(13)7-11(12)14/h3-6H,2,7H2,1H3,(H2,12,14). The molecule has 0 saturated carbocycles. The van der Waals surface area contributed by atoms with Gasteiger partial charge in [0, 0.05) is 0 Å². The first kappa shape index (κ1) is 11.2. The predicted octanol–water partition coefficient (Wildman–Crippen LogP) is 1.14. The molecule has 0 radical (unpaired) electrons. The Morgan fingerprint density at radius 3 is 2.60 bits per heavy atom. The van der Waals surface area contributed by atoms with Gasteiger partial charge in [-0.1, -0.05) is 12.1 Å². The van der Waals surface area contributed by atoms with E-state index in [0.717, 1.165) is 0 Å². The number of Topliss-reactive ketones (excluding diaryl/α,β-unsaturated/α-hetero) is 1. The lowest BCUT2D eigenvalue weighted by atomic mass is 10.1. The topological polar surface area (TPSA) is 69.4 Å². The maximum absolute atomic E-state index is 11.6. The van der Waals surface area contributed by atoms with Crippen molar-refractivity contribution in [2.75, 3.05) is 6.61 Å². The summed E-state index contributed by atoms with van der Waals surface area (Å²) in [4.78, 5) is 22.2. The molecule has 1 aromatic carbocycles. The van der Waals surface area contributed by atoms with Crippen molar-refractivity contribution in [3.8, 4) is 5.75 Å². The second kappa shape index (κ2) is 5.14. The van der Waals surface area contributed by atoms with Gasteiger partial charge in [-0.3, -0.25) is 9.59 Å². The van der Waals surface area contributed by atoms with Crippen molar-refractivity contribution >= 4 is 11.7 Å². The molecule has 15 heavy (non-hydrogen) atoms. The number of amides is 1. The highest BCUT2D eigenvalue weighted by molar-refractivity contribution is 6.08. The number of carbonyl (C=O) groups excluding carboxylic acids is 2. The van der Waals surface area contributed by atoms with Crippen molar-refractivity contribution < 1.29 is 14.3 Å². The number of benzene rings is 1. The third-order valence-electron chi connectivity index (χ3n) is 1.82. The minimum absolute atomic E-state index is 0.288. The van der Waals surface area contributed by atoms with E-state index in [9.17, 15) is 9.59 Å². The molecule has 0 aliphatic carbocycles. The van der Waals surface area contributed by atoms with Gasteiger partial charge >= 0.3 is 0 Å². The largest absolute Gasteiger partial charge is 0.493 e. The summed E-state index contributed by atoms with van der Waals surface area (Å²) >= 11 is 0. The molecule has 0 aliphatic heterocycles. The Balaban J connectivity index is 2.91. The van der Waals surface area contributed by atoms with Gasteiger partial charge in [-0.05, 0) is 19.1 Å². The molecule has 2 N–H and O–H groups in total. The number of carbonyl (C=O) groups is 2. The van der Waals surface area contributed by atoms with E-state index in [4.69, 9.17) is 10.5 Å². The minimum Gasteiger partial charge on any atom is -0.493 e. The molecule has 0 saturated heterocycles. The fraction of sp³-hybridized carbons (Fsp3) is 0.273. The molecule has 0 aliphatic rings. The molecule has 80 valence electrons. The predicted molar refractivity (Wildman–Crippen MR) is 55.8 cm³/mol. The number of ketones is 1. The van der Waals surface area contributed by atoms with Crippen LogP contribution in [0.3, 0.4) is 0 Å². The molecule has 0 unspecified atom stereocenters. The van der Waals surface area contributed by atoms with Crippen LogP contribution in [0.25, 0.3) is 0 Å². The van der Waals surface area contributed by atoms with Gasteiger partial charge in [-0.15, -0.1) is 0 Å². The van der Waals surface area contributed by atoms with Gasteiger partial charge in [-0.25, -0.2) is 0 Å². The molecule has 0 aromatic heterocycles. The van der Waals surface area contributed by atoms with Gasteiger partial charge in [0.05, 0.1) is 18.6 Å². The molecule has 1 aromatic rings. The van der Waals surface area contributed by atoms with E-state index in [0.29, 0.717) is 17.9 Å². The Hall–Kier alpha value is -1.84. The molecule has 0 spiro atoms. The summed E-state index contributed by atoms with van der Waals surface area (Å²) in [6, 6.07) is 6.80. The second-order valence-corrected chi connectivity index (χ2v) is 3.00. The van der Waals surface area contributed by atoms with Crippen molar-refractivity contribution in [2.24, 2.45) is 5.73 Å². The number of hydrogen-bond donors (Lipinski definition) is 1. The van der Waals surface area contributed by atoms with E-state index in [-0.39, 0.29) is 12.2 Å². The third kappa shape index (κ3) is 3.09. The van der Waals surface area contributed by atoms with Gasteiger partial charge in [-0.2, -0.15) is 0 Å². The van der Waals surface area contributed by atoms with Crippen LogP contribution in [0.5, 0.6) is 5.75 Å². The average Bonchev–Trinajstić information content (AvgIpc) is 2.18. The number of nitrogens with two attached hydrogens (primary N) is 1. The van der Waals surface area contributed by atoms with Crippen molar-refractivity contribution in [3.05, 3.63) is 29.8 Å². The summed E-state index contributed by atoms with van der Waals surface area (Å²) in [5.74, 6) is -0.455. The Labute approximate surface area is 88.0 Å². The molecule has 4 nitrogen and oxygen atoms in total. The lowest BCUT2D eigenvalue weighted by Gasteiger charge is -2.07. The first-order chi connectivity index (χ1) is 7.15. The minimum atomic E-state index is -0.633. The Morgan fingerprint density at radius 1 is 1.33 bits per heavy atom. The zero-order chi connectivity index (χ0) is 11.3. The number of primary amides is 1. The van der Waals surface area contributed by atoms with Gasteiger partial charge in [0.1, 0.15) is 5.75 Å². The van der Waals surface area contributed by atoms with E-state index < -0.39 is 5.91 Å². The van der Waals surface area contributed by atoms with Crippen LogP contribution in [0.2, 0.25) is 0 Å². The highest BCUT2D eigenvalue weighted by atomic mass is 16.5. The summed E-state index contributed by atoms with van der Waals surface area (Å²) in [7, 11) is 0. The third-order valence-corrected chi connectivity index (χ3v) is 1.82. The van der Waals surface area contributed by atoms with Gasteiger partial charge in [0.2, 0.25) is 5.91 Å². The number of ether oxygens (including phenoxy) is 1. The smallest absolute Gasteiger partial charge is 0.225 e. The fourth-order valence-corrected chi connectivity index (χ4v) is 1.23. The highest BCUT2D eigenvalue weighted by Crippen LogP contribution is 2.19. The SMILES string of the molecule is CCOc1ccccc1C(=O)CC(N)=O. The van der Waals surface area contributed by atoms with Crippen molar-refractivity contribution in [1.29, 1.82) is 0 Å². The molecular weight excluding hydrogens is 194 g/mol. The molecule has 1 amide bonds. The number of para-hydroxylation sites is 1. The molecule has 4 heteroatoms. The van der Waals surface area contributed by atoms with Gasteiger partial charge < -0.3 is 10.5 Å². The molecule has 0 fully saturated rings. The molecule has 0 atom stereocenters. The summed E-state index contributed by atoms with van der Waals surface area (Å²) in [6.07, 6.45) is -0.288. The summed E-state index contributed by atoms with van der Waals surface area (Å²) in [5, 5.41) is 0. The Kier molecular flexibility index (Phi) is 3.85. The van der Waals surface area contributed by atoms with Crippen LogP contribution in [0.4, 0.5) is 0 Å². The molecule has 1 rings (SSSR count). The van der Waals surface area contributed by atoms with E-state index >= 15 is 0 Å². The van der Waals surface area contributed by atoms with E-state index in [2.05, 4.69) is 0 Å². The molecule has 0 heterocycles. The van der Waals surface area contributed by atoms with Gasteiger partial charge in [0.25, 0.3) is 0 Å². The fourth-order valence-electron chi connectivity index (χ4n) is 1.23. The second-order valence-electron chi connectivity index (χ2n) is 3.00. The first-order valence-corrected chi connectivity index (χ1v) is 4.68. The van der Waals surface area contributed by atoms with Crippen LogP contribution in [-0.2, 0) is 4.79 Å². The van der Waals surface area contributed by atoms with Crippen LogP contribution in [0.15, 0.2) is 24.3 Å². The van der Waals surface area contributed by atoms with Crippen LogP contribution in [0.1, 0.15) is 23.7 Å². The normalized spacial score (nSPS) is 9.67. The maximum Gasteiger partial charge on any atom is 0.225 e. The first-order valence-electron chi connectivity index (χ1n) is 4.68. The van der Waals surface area contributed by atoms with Crippen LogP contribution < -0.4 is 10.5 Å². The monoisotopic (exact) mass is 207 g/mol. The number of rotatable bonds is 5. The van der Waals surface area contributed by atoms with Crippen molar-refractivity contribution in [2.45, 2.75) is 13.3 Å². The van der Waals surface area contributed by atoms with Gasteiger partial charge in [0.15, 0.2) is 5.78 Å². The Morgan fingerprint density at radius 2 is 2.00 bits per heavy atom. The summed E-state index contributed by atoms with van der Waals surface area (Å²) < 4.78 is 5.27. The van der Waals surface area contributed by atoms with E-state index in [1.165, 1.54) is 0 Å². The lowest BCUT2D eigenvalue weighted by Crippen LogP contribution is -2.16.